The van der Waals surface area contributed by atoms with Crippen molar-refractivity contribution < 1.29 is 22.7 Å². The number of sulfonamides is 1. The highest BCUT2D eigenvalue weighted by Gasteiger charge is 2.33. The third-order valence-electron chi connectivity index (χ3n) is 5.97. The van der Waals surface area contributed by atoms with E-state index in [9.17, 15) is 13.2 Å². The van der Waals surface area contributed by atoms with Crippen LogP contribution in [-0.2, 0) is 10.0 Å². The molecule has 0 spiro atoms. The van der Waals surface area contributed by atoms with Crippen LogP contribution in [0.5, 0.6) is 11.5 Å². The summed E-state index contributed by atoms with van der Waals surface area (Å²) in [5.41, 5.74) is 1.29. The largest absolute Gasteiger partial charge is 0.486 e. The molecule has 1 atom stereocenters. The number of rotatable bonds is 6. The fourth-order valence-electron chi connectivity index (χ4n) is 4.33. The molecule has 1 fully saturated rings. The van der Waals surface area contributed by atoms with Gasteiger partial charge in [0.1, 0.15) is 18.1 Å². The third kappa shape index (κ3) is 4.19. The number of carbonyl (C=O) groups is 1. The maximum absolute atomic E-state index is 13.4. The first kappa shape index (κ1) is 22.9. The van der Waals surface area contributed by atoms with E-state index in [-0.39, 0.29) is 21.9 Å². The van der Waals surface area contributed by atoms with Crippen LogP contribution in [0.1, 0.15) is 48.7 Å². The minimum atomic E-state index is -3.79. The molecule has 0 aromatic heterocycles. The van der Waals surface area contributed by atoms with Gasteiger partial charge in [-0.3, -0.25) is 4.79 Å². The van der Waals surface area contributed by atoms with Crippen LogP contribution in [0.2, 0.25) is 5.02 Å². The zero-order valence-electron chi connectivity index (χ0n) is 18.2. The number of benzene rings is 2. The molecule has 2 aromatic rings. The SMILES string of the molecule is CCN(CC)S(=O)(=O)c1cc(C(=O)N2CCC[C@@H]2c2ccc3c(c2)OCCO3)ccc1Cl. The lowest BCUT2D eigenvalue weighted by atomic mass is 10.0. The molecule has 0 radical (unpaired) electrons. The van der Waals surface area contributed by atoms with Gasteiger partial charge in [-0.2, -0.15) is 4.31 Å². The Balaban J connectivity index is 1.64. The Kier molecular flexibility index (Phi) is 6.65. The Morgan fingerprint density at radius 2 is 1.81 bits per heavy atom. The summed E-state index contributed by atoms with van der Waals surface area (Å²) in [6, 6.07) is 10.1. The minimum Gasteiger partial charge on any atom is -0.486 e. The highest BCUT2D eigenvalue weighted by Crippen LogP contribution is 2.39. The molecule has 32 heavy (non-hydrogen) atoms. The molecule has 172 valence electrons. The molecule has 2 aromatic carbocycles. The highest BCUT2D eigenvalue weighted by molar-refractivity contribution is 7.89. The molecule has 0 aliphatic carbocycles. The summed E-state index contributed by atoms with van der Waals surface area (Å²) in [4.78, 5) is 15.2. The summed E-state index contributed by atoms with van der Waals surface area (Å²) >= 11 is 6.24. The first-order chi connectivity index (χ1) is 15.4. The number of fused-ring (bicyclic) bond motifs is 1. The molecule has 0 N–H and O–H groups in total. The van der Waals surface area contributed by atoms with Crippen LogP contribution in [0, 0.1) is 0 Å². The zero-order chi connectivity index (χ0) is 22.9. The fourth-order valence-corrected chi connectivity index (χ4v) is 6.28. The van der Waals surface area contributed by atoms with E-state index in [1.807, 2.05) is 18.2 Å². The summed E-state index contributed by atoms with van der Waals surface area (Å²) < 4.78 is 38.7. The van der Waals surface area contributed by atoms with E-state index in [2.05, 4.69) is 0 Å². The number of hydrogen-bond donors (Lipinski definition) is 0. The predicted molar refractivity (Wildman–Crippen MR) is 122 cm³/mol. The summed E-state index contributed by atoms with van der Waals surface area (Å²) in [6.45, 7) is 5.81. The van der Waals surface area contributed by atoms with Crippen molar-refractivity contribution in [1.29, 1.82) is 0 Å². The maximum Gasteiger partial charge on any atom is 0.254 e. The van der Waals surface area contributed by atoms with E-state index in [1.54, 1.807) is 24.8 Å². The molecule has 2 aliphatic rings. The van der Waals surface area contributed by atoms with Gasteiger partial charge in [0.05, 0.1) is 11.1 Å². The van der Waals surface area contributed by atoms with Gasteiger partial charge >= 0.3 is 0 Å². The van der Waals surface area contributed by atoms with Crippen molar-refractivity contribution >= 4 is 27.5 Å². The van der Waals surface area contributed by atoms with Crippen molar-refractivity contribution in [2.24, 2.45) is 0 Å². The van der Waals surface area contributed by atoms with Crippen molar-refractivity contribution in [1.82, 2.24) is 9.21 Å². The molecule has 0 unspecified atom stereocenters. The average Bonchev–Trinajstić information content (AvgIpc) is 3.29. The lowest BCUT2D eigenvalue weighted by Gasteiger charge is -2.27. The Bertz CT molecular complexity index is 1120. The van der Waals surface area contributed by atoms with Gasteiger partial charge in [0, 0.05) is 25.2 Å². The summed E-state index contributed by atoms with van der Waals surface area (Å²) in [7, 11) is -3.79. The molecule has 9 heteroatoms. The van der Waals surface area contributed by atoms with Gasteiger partial charge in [0.15, 0.2) is 11.5 Å². The van der Waals surface area contributed by atoms with Gasteiger partial charge in [-0.05, 0) is 48.7 Å². The smallest absolute Gasteiger partial charge is 0.254 e. The lowest BCUT2D eigenvalue weighted by molar-refractivity contribution is 0.0735. The predicted octanol–water partition coefficient (Wildman–Crippen LogP) is 4.12. The first-order valence-electron chi connectivity index (χ1n) is 10.9. The van der Waals surface area contributed by atoms with Crippen molar-refractivity contribution in [2.45, 2.75) is 37.6 Å². The van der Waals surface area contributed by atoms with E-state index >= 15 is 0 Å². The second-order valence-electron chi connectivity index (χ2n) is 7.79. The summed E-state index contributed by atoms with van der Waals surface area (Å²) in [5, 5.41) is 0.109. The van der Waals surface area contributed by atoms with Gasteiger partial charge in [-0.1, -0.05) is 31.5 Å². The molecule has 0 saturated carbocycles. The molecule has 0 bridgehead atoms. The number of hydrogen-bond acceptors (Lipinski definition) is 5. The van der Waals surface area contributed by atoms with Crippen LogP contribution in [0.25, 0.3) is 0 Å². The number of amides is 1. The van der Waals surface area contributed by atoms with Crippen LogP contribution in [0.3, 0.4) is 0 Å². The van der Waals surface area contributed by atoms with E-state index in [4.69, 9.17) is 21.1 Å². The maximum atomic E-state index is 13.4. The molecular weight excluding hydrogens is 452 g/mol. The first-order valence-corrected chi connectivity index (χ1v) is 12.7. The molecule has 2 heterocycles. The monoisotopic (exact) mass is 478 g/mol. The standard InChI is InChI=1S/C23H27ClN2O5S/c1-3-25(4-2)32(28,29)22-15-17(7-9-18(22)24)23(27)26-11-5-6-19(26)16-8-10-20-21(14-16)31-13-12-30-20/h7-10,14-15,19H,3-6,11-13H2,1-2H3/t19-/m1/s1. The number of nitrogens with zero attached hydrogens (tertiary/aromatic N) is 2. The van der Waals surface area contributed by atoms with Crippen LogP contribution in [-0.4, -0.2) is 56.4 Å². The topological polar surface area (TPSA) is 76.2 Å². The van der Waals surface area contributed by atoms with Gasteiger partial charge < -0.3 is 14.4 Å². The van der Waals surface area contributed by atoms with Crippen LogP contribution in [0.4, 0.5) is 0 Å². The molecule has 1 amide bonds. The lowest BCUT2D eigenvalue weighted by Crippen LogP contribution is -2.32. The zero-order valence-corrected chi connectivity index (χ0v) is 19.8. The Hall–Kier alpha value is -2.29. The van der Waals surface area contributed by atoms with Crippen molar-refractivity contribution in [2.75, 3.05) is 32.8 Å². The summed E-state index contributed by atoms with van der Waals surface area (Å²) in [5.74, 6) is 1.18. The van der Waals surface area contributed by atoms with Gasteiger partial charge in [-0.25, -0.2) is 8.42 Å². The number of carbonyl (C=O) groups excluding carboxylic acids is 1. The molecule has 7 nitrogen and oxygen atoms in total. The van der Waals surface area contributed by atoms with E-state index in [0.717, 1.165) is 18.4 Å². The molecule has 1 saturated heterocycles. The van der Waals surface area contributed by atoms with Gasteiger partial charge in [-0.15, -0.1) is 0 Å². The number of halogens is 1. The van der Waals surface area contributed by atoms with Crippen LogP contribution in [0.15, 0.2) is 41.3 Å². The molecular formula is C23H27ClN2O5S. The fraction of sp³-hybridized carbons (Fsp3) is 0.435. The van der Waals surface area contributed by atoms with Gasteiger partial charge in [0.25, 0.3) is 5.91 Å². The minimum absolute atomic E-state index is 0.0382. The quantitative estimate of drug-likeness (QED) is 0.624. The van der Waals surface area contributed by atoms with E-state index in [0.29, 0.717) is 49.9 Å². The Morgan fingerprint density at radius 3 is 2.53 bits per heavy atom. The van der Waals surface area contributed by atoms with E-state index in [1.165, 1.54) is 16.4 Å². The third-order valence-corrected chi connectivity index (χ3v) is 8.50. The highest BCUT2D eigenvalue weighted by atomic mass is 35.5. The van der Waals surface area contributed by atoms with E-state index < -0.39 is 10.0 Å². The Morgan fingerprint density at radius 1 is 1.09 bits per heavy atom. The number of ether oxygens (including phenoxy) is 2. The van der Waals surface area contributed by atoms with Crippen molar-refractivity contribution in [3.63, 3.8) is 0 Å². The molecule has 2 aliphatic heterocycles. The van der Waals surface area contributed by atoms with Crippen molar-refractivity contribution in [3.8, 4) is 11.5 Å². The summed E-state index contributed by atoms with van der Waals surface area (Å²) in [6.07, 6.45) is 1.69. The van der Waals surface area contributed by atoms with Crippen molar-refractivity contribution in [3.05, 3.63) is 52.5 Å². The van der Waals surface area contributed by atoms with Gasteiger partial charge in [0.2, 0.25) is 10.0 Å². The molecule has 4 rings (SSSR count). The second kappa shape index (κ2) is 9.29. The average molecular weight is 479 g/mol. The number of likely N-dealkylation sites (tertiary alicyclic amines) is 1. The van der Waals surface area contributed by atoms with Crippen LogP contribution < -0.4 is 9.47 Å². The Labute approximate surface area is 193 Å². The normalized spacial score (nSPS) is 18.2. The second-order valence-corrected chi connectivity index (χ2v) is 10.1. The van der Waals surface area contributed by atoms with Crippen LogP contribution >= 0.6 is 11.6 Å².